The van der Waals surface area contributed by atoms with Gasteiger partial charge in [-0.25, -0.2) is 9.37 Å². The van der Waals surface area contributed by atoms with Crippen LogP contribution in [-0.2, 0) is 0 Å². The van der Waals surface area contributed by atoms with Crippen LogP contribution in [0.2, 0.25) is 5.02 Å². The summed E-state index contributed by atoms with van der Waals surface area (Å²) in [5, 5.41) is 3.02. The number of aromatic nitrogens is 4. The lowest BCUT2D eigenvalue weighted by atomic mass is 10.1. The zero-order valence-corrected chi connectivity index (χ0v) is 13.5. The summed E-state index contributed by atoms with van der Waals surface area (Å²) in [6.45, 7) is 0. The van der Waals surface area contributed by atoms with Gasteiger partial charge in [0.1, 0.15) is 11.6 Å². The second-order valence-electron chi connectivity index (χ2n) is 5.38. The molecule has 0 atom stereocenters. The number of fused-ring (bicyclic) bond motifs is 1. The first kappa shape index (κ1) is 15.3. The second-order valence-corrected chi connectivity index (χ2v) is 5.81. The molecule has 0 spiro atoms. The Morgan fingerprint density at radius 3 is 2.72 bits per heavy atom. The number of benzene rings is 1. The molecule has 0 saturated heterocycles. The van der Waals surface area contributed by atoms with Crippen LogP contribution in [-0.4, -0.2) is 19.6 Å². The summed E-state index contributed by atoms with van der Waals surface area (Å²) >= 11 is 5.78. The van der Waals surface area contributed by atoms with Gasteiger partial charge >= 0.3 is 0 Å². The standard InChI is InChI=1S/C17H11ClFN5O/c18-9-4-5-10(11(19)7-9)13-8-14(25)24-17(22-13)15(16(20)23-24)12-3-1-2-6-21-12/h1-8,23H,20H2. The molecule has 3 N–H and O–H groups in total. The Hall–Kier alpha value is -3.19. The first-order valence-corrected chi connectivity index (χ1v) is 7.70. The summed E-state index contributed by atoms with van der Waals surface area (Å²) < 4.78 is 15.4. The summed E-state index contributed by atoms with van der Waals surface area (Å²) in [5.41, 5.74) is 7.27. The highest BCUT2D eigenvalue weighted by Crippen LogP contribution is 2.29. The van der Waals surface area contributed by atoms with Crippen LogP contribution in [0.5, 0.6) is 0 Å². The number of nitrogens with one attached hydrogen (secondary N) is 1. The normalized spacial score (nSPS) is 11.1. The van der Waals surface area contributed by atoms with Gasteiger partial charge in [-0.05, 0) is 30.3 Å². The van der Waals surface area contributed by atoms with Crippen molar-refractivity contribution in [2.75, 3.05) is 5.73 Å². The van der Waals surface area contributed by atoms with Crippen molar-refractivity contribution in [1.29, 1.82) is 0 Å². The highest BCUT2D eigenvalue weighted by atomic mass is 35.5. The van der Waals surface area contributed by atoms with Gasteiger partial charge in [-0.3, -0.25) is 14.9 Å². The summed E-state index contributed by atoms with van der Waals surface area (Å²) in [6.07, 6.45) is 1.61. The smallest absolute Gasteiger partial charge is 0.273 e. The molecule has 1 aromatic carbocycles. The molecular formula is C17H11ClFN5O. The molecule has 4 aromatic rings. The van der Waals surface area contributed by atoms with Crippen molar-refractivity contribution in [2.45, 2.75) is 0 Å². The molecule has 0 aliphatic rings. The van der Waals surface area contributed by atoms with Crippen LogP contribution in [0.25, 0.3) is 28.2 Å². The molecule has 0 amide bonds. The third kappa shape index (κ3) is 2.54. The molecule has 0 aliphatic heterocycles. The predicted octanol–water partition coefficient (Wildman–Crippen LogP) is 3.13. The Labute approximate surface area is 145 Å². The lowest BCUT2D eigenvalue weighted by Crippen LogP contribution is -2.14. The molecule has 0 fully saturated rings. The quantitative estimate of drug-likeness (QED) is 0.578. The summed E-state index contributed by atoms with van der Waals surface area (Å²) in [6, 6.07) is 10.7. The number of nitrogen functional groups attached to an aromatic ring is 1. The van der Waals surface area contributed by atoms with Gasteiger partial charge in [-0.15, -0.1) is 0 Å². The highest BCUT2D eigenvalue weighted by molar-refractivity contribution is 6.30. The summed E-state index contributed by atoms with van der Waals surface area (Å²) in [5.74, 6) is -0.316. The van der Waals surface area contributed by atoms with E-state index in [1.807, 2.05) is 0 Å². The SMILES string of the molecule is Nc1[nH]n2c(=O)cc(-c3ccc(Cl)cc3F)nc2c1-c1ccccn1. The van der Waals surface area contributed by atoms with Gasteiger partial charge in [-0.2, -0.15) is 4.52 Å². The fraction of sp³-hybridized carbons (Fsp3) is 0. The monoisotopic (exact) mass is 355 g/mol. The number of H-pyrrole nitrogens is 1. The van der Waals surface area contributed by atoms with Crippen molar-refractivity contribution in [3.63, 3.8) is 0 Å². The third-order valence-electron chi connectivity index (χ3n) is 3.77. The van der Waals surface area contributed by atoms with Crippen LogP contribution in [0.15, 0.2) is 53.5 Å². The maximum Gasteiger partial charge on any atom is 0.273 e. The van der Waals surface area contributed by atoms with Crippen molar-refractivity contribution >= 4 is 23.1 Å². The first-order valence-electron chi connectivity index (χ1n) is 7.32. The second kappa shape index (κ2) is 5.71. The molecule has 124 valence electrons. The molecule has 0 unspecified atom stereocenters. The minimum absolute atomic E-state index is 0.177. The van der Waals surface area contributed by atoms with Gasteiger partial charge in [0.15, 0.2) is 5.65 Å². The zero-order valence-electron chi connectivity index (χ0n) is 12.7. The number of rotatable bonds is 2. The Kier molecular flexibility index (Phi) is 3.51. The van der Waals surface area contributed by atoms with Crippen molar-refractivity contribution in [2.24, 2.45) is 0 Å². The maximum absolute atomic E-state index is 14.2. The molecule has 0 saturated carbocycles. The topological polar surface area (TPSA) is 89.1 Å². The average Bonchev–Trinajstić information content (AvgIpc) is 2.92. The zero-order chi connectivity index (χ0) is 17.6. The average molecular weight is 356 g/mol. The third-order valence-corrected chi connectivity index (χ3v) is 4.01. The highest BCUT2D eigenvalue weighted by Gasteiger charge is 2.18. The number of halogens is 2. The van der Waals surface area contributed by atoms with E-state index in [0.29, 0.717) is 11.3 Å². The molecule has 3 heterocycles. The van der Waals surface area contributed by atoms with Gasteiger partial charge in [0.25, 0.3) is 5.56 Å². The minimum atomic E-state index is -0.563. The Balaban J connectivity index is 2.02. The van der Waals surface area contributed by atoms with Crippen LogP contribution in [0, 0.1) is 5.82 Å². The molecule has 8 heteroatoms. The van der Waals surface area contributed by atoms with Crippen molar-refractivity contribution in [3.05, 3.63) is 69.9 Å². The number of aromatic amines is 1. The number of hydrogen-bond donors (Lipinski definition) is 2. The fourth-order valence-corrected chi connectivity index (χ4v) is 2.81. The molecule has 25 heavy (non-hydrogen) atoms. The summed E-state index contributed by atoms with van der Waals surface area (Å²) in [7, 11) is 0. The number of nitrogens with zero attached hydrogens (tertiary/aromatic N) is 3. The molecule has 0 aliphatic carbocycles. The predicted molar refractivity (Wildman–Crippen MR) is 93.9 cm³/mol. The van der Waals surface area contributed by atoms with Gasteiger partial charge in [0.2, 0.25) is 0 Å². The van der Waals surface area contributed by atoms with Gasteiger partial charge < -0.3 is 5.73 Å². The van der Waals surface area contributed by atoms with Crippen LogP contribution < -0.4 is 11.3 Å². The number of anilines is 1. The van der Waals surface area contributed by atoms with Gasteiger partial charge in [-0.1, -0.05) is 17.7 Å². The van der Waals surface area contributed by atoms with E-state index in [2.05, 4.69) is 15.1 Å². The lowest BCUT2D eigenvalue weighted by molar-refractivity contribution is 0.630. The van der Waals surface area contributed by atoms with E-state index >= 15 is 0 Å². The largest absolute Gasteiger partial charge is 0.383 e. The van der Waals surface area contributed by atoms with E-state index in [9.17, 15) is 9.18 Å². The summed E-state index contributed by atoms with van der Waals surface area (Å²) in [4.78, 5) is 21.1. The minimum Gasteiger partial charge on any atom is -0.383 e. The van der Waals surface area contributed by atoms with E-state index < -0.39 is 11.4 Å². The Morgan fingerprint density at radius 2 is 2.00 bits per heavy atom. The van der Waals surface area contributed by atoms with Gasteiger partial charge in [0, 0.05) is 22.8 Å². The molecular weight excluding hydrogens is 345 g/mol. The van der Waals surface area contributed by atoms with Crippen LogP contribution in [0.1, 0.15) is 0 Å². The van der Waals surface area contributed by atoms with E-state index in [4.69, 9.17) is 17.3 Å². The molecule has 3 aromatic heterocycles. The number of nitrogens with two attached hydrogens (primary N) is 1. The molecule has 0 bridgehead atoms. The van der Waals surface area contributed by atoms with Crippen molar-refractivity contribution in [3.8, 4) is 22.5 Å². The van der Waals surface area contributed by atoms with Crippen LogP contribution in [0.4, 0.5) is 10.2 Å². The Morgan fingerprint density at radius 1 is 1.16 bits per heavy atom. The van der Waals surface area contributed by atoms with Crippen molar-refractivity contribution < 1.29 is 4.39 Å². The van der Waals surface area contributed by atoms with E-state index in [-0.39, 0.29) is 27.7 Å². The van der Waals surface area contributed by atoms with E-state index in [1.165, 1.54) is 28.8 Å². The maximum atomic E-state index is 14.2. The van der Waals surface area contributed by atoms with Gasteiger partial charge in [0.05, 0.1) is 17.0 Å². The van der Waals surface area contributed by atoms with Crippen LogP contribution in [0.3, 0.4) is 0 Å². The number of pyridine rings is 1. The van der Waals surface area contributed by atoms with Crippen molar-refractivity contribution in [1.82, 2.24) is 19.6 Å². The Bertz CT molecular complexity index is 1150. The fourth-order valence-electron chi connectivity index (χ4n) is 2.65. The molecule has 6 nitrogen and oxygen atoms in total. The number of hydrogen-bond acceptors (Lipinski definition) is 4. The van der Waals surface area contributed by atoms with E-state index in [1.54, 1.807) is 24.4 Å². The lowest BCUT2D eigenvalue weighted by Gasteiger charge is -2.04. The molecule has 4 rings (SSSR count). The van der Waals surface area contributed by atoms with Crippen LogP contribution >= 0.6 is 11.6 Å². The van der Waals surface area contributed by atoms with E-state index in [0.717, 1.165) is 0 Å². The first-order chi connectivity index (χ1) is 12.0. The molecule has 0 radical (unpaired) electrons.